The first-order valence-corrected chi connectivity index (χ1v) is 8.86. The van der Waals surface area contributed by atoms with E-state index in [1.807, 2.05) is 6.92 Å². The van der Waals surface area contributed by atoms with Crippen LogP contribution in [0.4, 0.5) is 0 Å². The molecule has 2 aromatic rings. The Kier molecular flexibility index (Phi) is 4.26. The first kappa shape index (κ1) is 14.9. The van der Waals surface area contributed by atoms with Crippen LogP contribution in [0.2, 0.25) is 4.47 Å². The number of nitrogens with one attached hydrogen (secondary N) is 1. The van der Waals surface area contributed by atoms with Crippen molar-refractivity contribution in [1.82, 2.24) is 14.7 Å². The third-order valence-corrected chi connectivity index (χ3v) is 6.82. The highest BCUT2D eigenvalue weighted by atomic mass is 35.5. The summed E-state index contributed by atoms with van der Waals surface area (Å²) in [4.78, 5) is 9.13. The fourth-order valence-corrected chi connectivity index (χ4v) is 5.32. The van der Waals surface area contributed by atoms with E-state index < -0.39 is 10.0 Å². The quantitative estimate of drug-likeness (QED) is 0.931. The molecule has 0 amide bonds. The average Bonchev–Trinajstić information content (AvgIpc) is 2.84. The molecule has 104 valence electrons. The summed E-state index contributed by atoms with van der Waals surface area (Å²) < 4.78 is 27.4. The highest BCUT2D eigenvalue weighted by molar-refractivity contribution is 7.91. The summed E-state index contributed by atoms with van der Waals surface area (Å²) in [5.74, 6) is 0. The third-order valence-electron chi connectivity index (χ3n) is 2.31. The Balaban J connectivity index is 2.24. The number of hydrogen-bond acceptors (Lipinski definition) is 6. The van der Waals surface area contributed by atoms with Crippen LogP contribution in [0.5, 0.6) is 0 Å². The molecule has 0 aliphatic carbocycles. The molecule has 1 N–H and O–H groups in total. The van der Waals surface area contributed by atoms with E-state index in [1.54, 1.807) is 20.0 Å². The number of sulfonamides is 1. The lowest BCUT2D eigenvalue weighted by molar-refractivity contribution is 0.567. The summed E-state index contributed by atoms with van der Waals surface area (Å²) in [7, 11) is -3.62. The zero-order valence-electron chi connectivity index (χ0n) is 10.5. The average molecular weight is 338 g/mol. The van der Waals surface area contributed by atoms with Crippen LogP contribution in [0.1, 0.15) is 28.5 Å². The number of rotatable bonds is 4. The fourth-order valence-electron chi connectivity index (χ4n) is 1.51. The van der Waals surface area contributed by atoms with Crippen molar-refractivity contribution in [1.29, 1.82) is 0 Å². The highest BCUT2D eigenvalue weighted by Crippen LogP contribution is 2.28. The van der Waals surface area contributed by atoms with Gasteiger partial charge in [0.05, 0.1) is 11.7 Å². The van der Waals surface area contributed by atoms with Crippen LogP contribution >= 0.6 is 34.3 Å². The highest BCUT2D eigenvalue weighted by Gasteiger charge is 2.24. The Hall–Kier alpha value is -0.540. The molecule has 0 saturated heterocycles. The first-order chi connectivity index (χ1) is 8.79. The number of hydrogen-bond donors (Lipinski definition) is 1. The van der Waals surface area contributed by atoms with E-state index in [0.29, 0.717) is 5.69 Å². The predicted molar refractivity (Wildman–Crippen MR) is 77.4 cm³/mol. The monoisotopic (exact) mass is 337 g/mol. The van der Waals surface area contributed by atoms with Crippen LogP contribution in [-0.4, -0.2) is 18.4 Å². The number of thiazole rings is 2. The Bertz CT molecular complexity index is 693. The van der Waals surface area contributed by atoms with Gasteiger partial charge in [-0.2, -0.15) is 0 Å². The van der Waals surface area contributed by atoms with Gasteiger partial charge < -0.3 is 0 Å². The number of nitrogens with zero attached hydrogens (tertiary/aromatic N) is 2. The van der Waals surface area contributed by atoms with Gasteiger partial charge in [0, 0.05) is 11.1 Å². The Morgan fingerprint density at radius 3 is 2.53 bits per heavy atom. The number of aromatic nitrogens is 2. The van der Waals surface area contributed by atoms with Gasteiger partial charge in [0.15, 0.2) is 8.68 Å². The van der Waals surface area contributed by atoms with Crippen molar-refractivity contribution >= 4 is 44.3 Å². The van der Waals surface area contributed by atoms with Gasteiger partial charge in [0.25, 0.3) is 10.0 Å². The molecule has 5 nitrogen and oxygen atoms in total. The molecule has 0 radical (unpaired) electrons. The maximum Gasteiger partial charge on any atom is 0.252 e. The molecule has 0 saturated carbocycles. The maximum atomic E-state index is 12.2. The molecule has 2 aromatic heterocycles. The molecule has 1 atom stereocenters. The molecule has 0 aliphatic rings. The van der Waals surface area contributed by atoms with Crippen molar-refractivity contribution in [3.05, 3.63) is 26.2 Å². The lowest BCUT2D eigenvalue weighted by Crippen LogP contribution is -2.26. The van der Waals surface area contributed by atoms with E-state index in [9.17, 15) is 8.42 Å². The van der Waals surface area contributed by atoms with Crippen molar-refractivity contribution in [2.45, 2.75) is 31.0 Å². The minimum Gasteiger partial charge on any atom is -0.248 e. The van der Waals surface area contributed by atoms with E-state index in [0.717, 1.165) is 21.2 Å². The zero-order chi connectivity index (χ0) is 14.2. The van der Waals surface area contributed by atoms with Crippen molar-refractivity contribution < 1.29 is 8.42 Å². The largest absolute Gasteiger partial charge is 0.252 e. The Labute approximate surface area is 124 Å². The second-order valence-electron chi connectivity index (χ2n) is 3.99. The van der Waals surface area contributed by atoms with Gasteiger partial charge in [-0.3, -0.25) is 0 Å². The van der Waals surface area contributed by atoms with Crippen molar-refractivity contribution in [3.8, 4) is 0 Å². The van der Waals surface area contributed by atoms with Crippen molar-refractivity contribution in [2.24, 2.45) is 0 Å². The summed E-state index contributed by atoms with van der Waals surface area (Å²) in [6, 6.07) is -0.385. The van der Waals surface area contributed by atoms with Crippen molar-refractivity contribution in [2.75, 3.05) is 0 Å². The number of halogens is 1. The van der Waals surface area contributed by atoms with Gasteiger partial charge in [0.1, 0.15) is 5.01 Å². The summed E-state index contributed by atoms with van der Waals surface area (Å²) >= 11 is 8.15. The van der Waals surface area contributed by atoms with E-state index in [1.165, 1.54) is 11.3 Å². The van der Waals surface area contributed by atoms with Gasteiger partial charge >= 0.3 is 0 Å². The molecular weight excluding hydrogens is 326 g/mol. The Morgan fingerprint density at radius 2 is 2.05 bits per heavy atom. The lowest BCUT2D eigenvalue weighted by Gasteiger charge is -2.10. The van der Waals surface area contributed by atoms with E-state index in [-0.39, 0.29) is 14.7 Å². The SMILES string of the molecule is Cc1cnc(C(C)NS(=O)(=O)c2sc(Cl)nc2C)s1. The third kappa shape index (κ3) is 3.32. The smallest absolute Gasteiger partial charge is 0.248 e. The van der Waals surface area contributed by atoms with Crippen LogP contribution in [0, 0.1) is 13.8 Å². The van der Waals surface area contributed by atoms with Gasteiger partial charge in [-0.1, -0.05) is 22.9 Å². The molecule has 0 aliphatic heterocycles. The maximum absolute atomic E-state index is 12.2. The van der Waals surface area contributed by atoms with Gasteiger partial charge in [-0.15, -0.1) is 11.3 Å². The standard InChI is InChI=1S/C10H12ClN3O2S3/c1-5-4-12-8(17-5)6(2)14-19(15,16)9-7(3)13-10(11)18-9/h4,6,14H,1-3H3. The van der Waals surface area contributed by atoms with Crippen LogP contribution in [0.3, 0.4) is 0 Å². The second kappa shape index (κ2) is 5.45. The summed E-state index contributed by atoms with van der Waals surface area (Å²) in [5.41, 5.74) is 0.407. The summed E-state index contributed by atoms with van der Waals surface area (Å²) in [5, 5.41) is 0.731. The van der Waals surface area contributed by atoms with Gasteiger partial charge in [-0.25, -0.2) is 23.1 Å². The van der Waals surface area contributed by atoms with Crippen LogP contribution in [0.25, 0.3) is 0 Å². The Morgan fingerprint density at radius 1 is 1.37 bits per heavy atom. The molecule has 9 heteroatoms. The second-order valence-corrected chi connectivity index (χ2v) is 8.75. The molecule has 2 rings (SSSR count). The van der Waals surface area contributed by atoms with Crippen LogP contribution < -0.4 is 4.72 Å². The van der Waals surface area contributed by atoms with E-state index >= 15 is 0 Å². The first-order valence-electron chi connectivity index (χ1n) is 5.37. The predicted octanol–water partition coefficient (Wildman–Crippen LogP) is 2.91. The van der Waals surface area contributed by atoms with Crippen LogP contribution in [0.15, 0.2) is 10.4 Å². The fraction of sp³-hybridized carbons (Fsp3) is 0.400. The number of aryl methyl sites for hydroxylation is 2. The van der Waals surface area contributed by atoms with Crippen LogP contribution in [-0.2, 0) is 10.0 Å². The molecular formula is C10H12ClN3O2S3. The van der Waals surface area contributed by atoms with Gasteiger partial charge in [0.2, 0.25) is 0 Å². The molecule has 2 heterocycles. The summed E-state index contributed by atoms with van der Waals surface area (Å²) in [6.07, 6.45) is 1.72. The molecule has 0 aromatic carbocycles. The molecule has 0 bridgehead atoms. The normalized spacial score (nSPS) is 13.7. The van der Waals surface area contributed by atoms with E-state index in [4.69, 9.17) is 11.6 Å². The van der Waals surface area contributed by atoms with E-state index in [2.05, 4.69) is 14.7 Å². The topological polar surface area (TPSA) is 72.0 Å². The molecule has 19 heavy (non-hydrogen) atoms. The minimum absolute atomic E-state index is 0.151. The molecule has 0 fully saturated rings. The molecule has 0 spiro atoms. The zero-order valence-corrected chi connectivity index (χ0v) is 13.7. The summed E-state index contributed by atoms with van der Waals surface area (Å²) in [6.45, 7) is 5.30. The van der Waals surface area contributed by atoms with Gasteiger partial charge in [-0.05, 0) is 20.8 Å². The minimum atomic E-state index is -3.62. The molecule has 1 unspecified atom stereocenters. The van der Waals surface area contributed by atoms with Crippen molar-refractivity contribution in [3.63, 3.8) is 0 Å². The lowest BCUT2D eigenvalue weighted by atomic mass is 10.4.